The van der Waals surface area contributed by atoms with Gasteiger partial charge in [-0.1, -0.05) is 0 Å². The molecule has 1 aromatic carbocycles. The highest BCUT2D eigenvalue weighted by molar-refractivity contribution is 7.99. The Morgan fingerprint density at radius 3 is 2.77 bits per heavy atom. The zero-order valence-corrected chi connectivity index (χ0v) is 12.2. The second kappa shape index (κ2) is 6.53. The number of aromatic carboxylic acids is 1. The largest absolute Gasteiger partial charge is 0.547 e. The molecule has 2 rings (SSSR count). The van der Waals surface area contributed by atoms with Crippen molar-refractivity contribution in [1.82, 2.24) is 5.32 Å². The predicted octanol–water partition coefficient (Wildman–Crippen LogP) is 0.465. The first-order valence-corrected chi connectivity index (χ1v) is 7.61. The summed E-state index contributed by atoms with van der Waals surface area (Å²) in [5.74, 6) is -5.66. The van der Waals surface area contributed by atoms with Gasteiger partial charge in [0.2, 0.25) is 5.91 Å². The number of halogens is 2. The Morgan fingerprint density at radius 1 is 1.50 bits per heavy atom. The normalized spacial score (nSPS) is 16.7. The first-order valence-electron chi connectivity index (χ1n) is 6.22. The first kappa shape index (κ1) is 16.6. The lowest BCUT2D eigenvalue weighted by Gasteiger charge is -2.29. The van der Waals surface area contributed by atoms with Gasteiger partial charge in [-0.25, -0.2) is 13.6 Å². The van der Waals surface area contributed by atoms with Gasteiger partial charge in [-0.3, -0.25) is 4.79 Å². The molecule has 1 atom stereocenters. The van der Waals surface area contributed by atoms with Crippen molar-refractivity contribution in [2.45, 2.75) is 12.4 Å². The van der Waals surface area contributed by atoms with Crippen LogP contribution in [0.3, 0.4) is 0 Å². The van der Waals surface area contributed by atoms with Gasteiger partial charge in [0.15, 0.2) is 0 Å². The quantitative estimate of drug-likeness (QED) is 0.694. The number of rotatable bonds is 4. The van der Waals surface area contributed by atoms with Gasteiger partial charge in [0.25, 0.3) is 0 Å². The average Bonchev–Trinajstić information content (AvgIpc) is 2.40. The Balaban J connectivity index is 2.35. The van der Waals surface area contributed by atoms with E-state index in [1.165, 1.54) is 11.8 Å². The van der Waals surface area contributed by atoms with E-state index >= 15 is 0 Å². The standard InChI is InChI=1S/C12H12BF2NO5S/c1-22-4-9(17)16-8-2-5-6(14)3-7(15)10(12(18)19)11(5)21-13(8)20/h3,8,20H,2,4H2,1H3,(H,16,17)(H,18,19)/t8-/m0/s1. The molecule has 1 heterocycles. The Hall–Kier alpha value is -1.81. The van der Waals surface area contributed by atoms with E-state index in [0.29, 0.717) is 6.07 Å². The van der Waals surface area contributed by atoms with Crippen LogP contribution in [0.25, 0.3) is 0 Å². The third kappa shape index (κ3) is 3.17. The van der Waals surface area contributed by atoms with Crippen LogP contribution < -0.4 is 9.97 Å². The number of carbonyl (C=O) groups is 2. The number of fused-ring (bicyclic) bond motifs is 1. The van der Waals surface area contributed by atoms with E-state index in [4.69, 9.17) is 9.76 Å². The first-order chi connectivity index (χ1) is 10.3. The fourth-order valence-electron chi connectivity index (χ4n) is 2.18. The number of carboxylic acids is 1. The SMILES string of the molecule is CSCC(=O)N[C@H]1Cc2c(F)cc(F)c(C(=O)O)c2OB1O. The molecule has 0 aliphatic carbocycles. The summed E-state index contributed by atoms with van der Waals surface area (Å²) in [4.78, 5) is 22.6. The Kier molecular flexibility index (Phi) is 4.92. The Morgan fingerprint density at radius 2 is 2.18 bits per heavy atom. The zero-order valence-electron chi connectivity index (χ0n) is 11.4. The maximum atomic E-state index is 13.9. The van der Waals surface area contributed by atoms with Crippen LogP contribution in [0.1, 0.15) is 15.9 Å². The maximum Gasteiger partial charge on any atom is 0.547 e. The summed E-state index contributed by atoms with van der Waals surface area (Å²) in [5.41, 5.74) is -1.04. The van der Waals surface area contributed by atoms with Crippen molar-refractivity contribution in [2.75, 3.05) is 12.0 Å². The van der Waals surface area contributed by atoms with E-state index in [1.807, 2.05) is 0 Å². The lowest BCUT2D eigenvalue weighted by Crippen LogP contribution is -2.53. The minimum Gasteiger partial charge on any atom is -0.534 e. The van der Waals surface area contributed by atoms with Crippen LogP contribution in [0.4, 0.5) is 8.78 Å². The fourth-order valence-corrected chi connectivity index (χ4v) is 2.53. The van der Waals surface area contributed by atoms with Crippen LogP contribution in [-0.2, 0) is 11.2 Å². The summed E-state index contributed by atoms with van der Waals surface area (Å²) >= 11 is 1.26. The molecule has 0 fully saturated rings. The van der Waals surface area contributed by atoms with E-state index in [1.54, 1.807) is 6.26 Å². The molecule has 1 amide bonds. The fraction of sp³-hybridized carbons (Fsp3) is 0.333. The maximum absolute atomic E-state index is 13.9. The van der Waals surface area contributed by atoms with Gasteiger partial charge in [-0.15, -0.1) is 0 Å². The van der Waals surface area contributed by atoms with E-state index in [9.17, 15) is 23.4 Å². The topological polar surface area (TPSA) is 95.9 Å². The van der Waals surface area contributed by atoms with Crippen LogP contribution in [0.2, 0.25) is 0 Å². The molecule has 0 saturated heterocycles. The van der Waals surface area contributed by atoms with Gasteiger partial charge >= 0.3 is 13.1 Å². The molecule has 10 heteroatoms. The molecule has 3 N–H and O–H groups in total. The molecule has 0 saturated carbocycles. The van der Waals surface area contributed by atoms with Crippen molar-refractivity contribution in [3.63, 3.8) is 0 Å². The van der Waals surface area contributed by atoms with Crippen molar-refractivity contribution in [1.29, 1.82) is 0 Å². The number of thioether (sulfide) groups is 1. The van der Waals surface area contributed by atoms with E-state index in [2.05, 4.69) is 5.32 Å². The van der Waals surface area contributed by atoms with Gasteiger partial charge in [0.1, 0.15) is 22.9 Å². The number of amides is 1. The summed E-state index contributed by atoms with van der Waals surface area (Å²) in [6.45, 7) is 0. The molecule has 118 valence electrons. The summed E-state index contributed by atoms with van der Waals surface area (Å²) in [6.07, 6.45) is 1.51. The van der Waals surface area contributed by atoms with E-state index in [0.717, 1.165) is 0 Å². The van der Waals surface area contributed by atoms with Crippen LogP contribution in [0.15, 0.2) is 6.07 Å². The lowest BCUT2D eigenvalue weighted by atomic mass is 9.72. The highest BCUT2D eigenvalue weighted by Crippen LogP contribution is 2.34. The molecular formula is C12H12BF2NO5S. The minimum absolute atomic E-state index is 0.141. The molecule has 6 nitrogen and oxygen atoms in total. The number of carboxylic acid groups (broad SMARTS) is 1. The van der Waals surface area contributed by atoms with Gasteiger partial charge in [0.05, 0.1) is 11.7 Å². The number of carbonyl (C=O) groups excluding carboxylic acids is 1. The molecule has 0 bridgehead atoms. The van der Waals surface area contributed by atoms with Crippen LogP contribution >= 0.6 is 11.8 Å². The van der Waals surface area contributed by atoms with Gasteiger partial charge in [-0.05, 0) is 12.7 Å². The van der Waals surface area contributed by atoms with Crippen molar-refractivity contribution >= 4 is 30.8 Å². The third-order valence-electron chi connectivity index (χ3n) is 3.12. The summed E-state index contributed by atoms with van der Waals surface area (Å²) in [5, 5.41) is 21.3. The Labute approximate surface area is 129 Å². The average molecular weight is 331 g/mol. The van der Waals surface area contributed by atoms with Crippen molar-refractivity contribution in [3.05, 3.63) is 28.8 Å². The Bertz CT molecular complexity index is 630. The number of hydrogen-bond donors (Lipinski definition) is 3. The van der Waals surface area contributed by atoms with Crippen molar-refractivity contribution in [3.8, 4) is 5.75 Å². The van der Waals surface area contributed by atoms with Crippen molar-refractivity contribution in [2.24, 2.45) is 0 Å². The van der Waals surface area contributed by atoms with Crippen LogP contribution in [0, 0.1) is 11.6 Å². The summed E-state index contributed by atoms with van der Waals surface area (Å²) < 4.78 is 32.4. The molecule has 0 aromatic heterocycles. The minimum atomic E-state index is -1.63. The highest BCUT2D eigenvalue weighted by Gasteiger charge is 2.40. The predicted molar refractivity (Wildman–Crippen MR) is 75.9 cm³/mol. The smallest absolute Gasteiger partial charge is 0.534 e. The molecule has 0 unspecified atom stereocenters. The third-order valence-corrected chi connectivity index (χ3v) is 3.68. The second-order valence-electron chi connectivity index (χ2n) is 4.65. The summed E-state index contributed by atoms with van der Waals surface area (Å²) in [7, 11) is -1.60. The van der Waals surface area contributed by atoms with Gasteiger partial charge < -0.3 is 20.1 Å². The molecule has 1 aromatic rings. The number of nitrogens with one attached hydrogen (secondary N) is 1. The second-order valence-corrected chi connectivity index (χ2v) is 5.51. The van der Waals surface area contributed by atoms with Gasteiger partial charge in [-0.2, -0.15) is 11.8 Å². The molecule has 0 radical (unpaired) electrons. The summed E-state index contributed by atoms with van der Waals surface area (Å²) in [6, 6.07) is 0.449. The van der Waals surface area contributed by atoms with Crippen molar-refractivity contribution < 1.29 is 33.2 Å². The molecule has 1 aliphatic heterocycles. The molecule has 0 spiro atoms. The number of benzene rings is 1. The number of hydrogen-bond acceptors (Lipinski definition) is 5. The van der Waals surface area contributed by atoms with Gasteiger partial charge in [0, 0.05) is 11.6 Å². The van der Waals surface area contributed by atoms with E-state index in [-0.39, 0.29) is 23.6 Å². The van der Waals surface area contributed by atoms with Crippen LogP contribution in [-0.4, -0.2) is 47.1 Å². The zero-order chi connectivity index (χ0) is 16.4. The van der Waals surface area contributed by atoms with E-state index < -0.39 is 42.0 Å². The van der Waals surface area contributed by atoms with Crippen LogP contribution in [0.5, 0.6) is 5.75 Å². The molecular weight excluding hydrogens is 319 g/mol. The highest BCUT2D eigenvalue weighted by atomic mass is 32.2. The molecule has 22 heavy (non-hydrogen) atoms. The monoisotopic (exact) mass is 331 g/mol. The molecule has 1 aliphatic rings. The lowest BCUT2D eigenvalue weighted by molar-refractivity contribution is -0.118.